The normalized spacial score (nSPS) is 16.9. The Morgan fingerprint density at radius 3 is 2.18 bits per heavy atom. The maximum absolute atomic E-state index is 13.7. The molecule has 3 atom stereocenters. The Bertz CT molecular complexity index is 1380. The van der Waals surface area contributed by atoms with E-state index in [0.717, 1.165) is 0 Å². The van der Waals surface area contributed by atoms with E-state index < -0.39 is 54.7 Å². The number of primary amides is 1. The number of likely N-dealkylation sites (N-methyl/N-ethyl adjacent to an activating group) is 1. The topological polar surface area (TPSA) is 105 Å². The van der Waals surface area contributed by atoms with Crippen LogP contribution in [0.2, 0.25) is 0 Å². The van der Waals surface area contributed by atoms with E-state index in [9.17, 15) is 27.6 Å². The van der Waals surface area contributed by atoms with Gasteiger partial charge in [0.05, 0.1) is 23.2 Å². The van der Waals surface area contributed by atoms with Crippen LogP contribution in [-0.2, 0) is 14.4 Å². The molecular formula is C29H27F3N4O3. The highest BCUT2D eigenvalue weighted by atomic mass is 19.4. The van der Waals surface area contributed by atoms with E-state index >= 15 is 0 Å². The summed E-state index contributed by atoms with van der Waals surface area (Å²) >= 11 is 0. The minimum atomic E-state index is -4.55. The number of carbonyl (C=O) groups excluding carboxylic acids is 3. The third-order valence-electron chi connectivity index (χ3n) is 6.62. The summed E-state index contributed by atoms with van der Waals surface area (Å²) in [5.41, 5.74) is 8.20. The van der Waals surface area contributed by atoms with Gasteiger partial charge in [-0.05, 0) is 18.1 Å². The molecule has 3 N–H and O–H groups in total. The van der Waals surface area contributed by atoms with Gasteiger partial charge in [-0.1, -0.05) is 78.9 Å². The number of hydrogen-bond acceptors (Lipinski definition) is 4. The number of benzene rings is 3. The molecule has 10 heteroatoms. The molecule has 3 amide bonds. The molecule has 1 aliphatic rings. The van der Waals surface area contributed by atoms with Crippen molar-refractivity contribution in [2.45, 2.75) is 31.1 Å². The Kier molecular flexibility index (Phi) is 8.13. The second-order valence-corrected chi connectivity index (χ2v) is 9.22. The lowest BCUT2D eigenvalue weighted by Gasteiger charge is -2.27. The molecule has 39 heavy (non-hydrogen) atoms. The Hall–Kier alpha value is -4.47. The van der Waals surface area contributed by atoms with Crippen molar-refractivity contribution in [3.63, 3.8) is 0 Å². The lowest BCUT2D eigenvalue weighted by Crippen LogP contribution is -2.49. The maximum atomic E-state index is 13.7. The fraction of sp³-hybridized carbons (Fsp3) is 0.241. The van der Waals surface area contributed by atoms with E-state index in [1.165, 1.54) is 17.0 Å². The Balaban J connectivity index is 1.75. The zero-order valence-corrected chi connectivity index (χ0v) is 21.1. The highest BCUT2D eigenvalue weighted by molar-refractivity contribution is 6.20. The molecule has 4 rings (SSSR count). The quantitative estimate of drug-likeness (QED) is 0.452. The summed E-state index contributed by atoms with van der Waals surface area (Å²) in [7, 11) is 1.55. The maximum Gasteiger partial charge on any atom is 0.389 e. The van der Waals surface area contributed by atoms with Crippen molar-refractivity contribution in [1.82, 2.24) is 5.32 Å². The zero-order valence-electron chi connectivity index (χ0n) is 21.1. The molecule has 0 radical (unpaired) electrons. The standard InChI is InChI=1S/C29H27F3N4O3/c1-36-22-15-9-8-14-20(22)24(19-12-6-3-7-13-19)34-26(28(36)39)35-27(38)23(18-10-4-2-5-11-18)21(25(33)37)16-17-29(30,31)32/h2-15,21,23,26H,16-17H2,1H3,(H2,33,37)(H,35,38)/t21-,23+,26-/m1/s1. The van der Waals surface area contributed by atoms with Crippen LogP contribution in [0.15, 0.2) is 89.9 Å². The molecule has 0 aliphatic carbocycles. The van der Waals surface area contributed by atoms with Crippen molar-refractivity contribution >= 4 is 29.1 Å². The van der Waals surface area contributed by atoms with Gasteiger partial charge in [0.1, 0.15) is 0 Å². The molecule has 7 nitrogen and oxygen atoms in total. The molecule has 0 saturated carbocycles. The first-order chi connectivity index (χ1) is 18.6. The van der Waals surface area contributed by atoms with Crippen molar-refractivity contribution in [1.29, 1.82) is 0 Å². The van der Waals surface area contributed by atoms with Crippen LogP contribution in [-0.4, -0.2) is 42.8 Å². The minimum absolute atomic E-state index is 0.297. The minimum Gasteiger partial charge on any atom is -0.369 e. The molecule has 1 aliphatic heterocycles. The number of alkyl halides is 3. The van der Waals surface area contributed by atoms with E-state index in [0.29, 0.717) is 28.1 Å². The molecule has 0 saturated heterocycles. The zero-order chi connectivity index (χ0) is 28.2. The van der Waals surface area contributed by atoms with Crippen molar-refractivity contribution in [3.05, 3.63) is 102 Å². The van der Waals surface area contributed by atoms with Gasteiger partial charge in [-0.2, -0.15) is 13.2 Å². The average molecular weight is 537 g/mol. The number of halogens is 3. The number of nitrogens with two attached hydrogens (primary N) is 1. The van der Waals surface area contributed by atoms with Gasteiger partial charge in [0.15, 0.2) is 0 Å². The number of anilines is 1. The number of benzodiazepines with no additional fused rings is 1. The fourth-order valence-electron chi connectivity index (χ4n) is 4.69. The van der Waals surface area contributed by atoms with E-state index in [2.05, 4.69) is 10.3 Å². The molecule has 0 spiro atoms. The Morgan fingerprint density at radius 1 is 0.974 bits per heavy atom. The van der Waals surface area contributed by atoms with Crippen LogP contribution in [0.5, 0.6) is 0 Å². The first-order valence-electron chi connectivity index (χ1n) is 12.3. The molecular weight excluding hydrogens is 509 g/mol. The second-order valence-electron chi connectivity index (χ2n) is 9.22. The Morgan fingerprint density at radius 2 is 1.56 bits per heavy atom. The summed E-state index contributed by atoms with van der Waals surface area (Å²) in [5.74, 6) is -5.28. The van der Waals surface area contributed by atoms with Gasteiger partial charge in [-0.15, -0.1) is 0 Å². The summed E-state index contributed by atoms with van der Waals surface area (Å²) in [6, 6.07) is 24.2. The summed E-state index contributed by atoms with van der Waals surface area (Å²) < 4.78 is 39.2. The molecule has 0 fully saturated rings. The van der Waals surface area contributed by atoms with Gasteiger partial charge < -0.3 is 16.0 Å². The van der Waals surface area contributed by atoms with Crippen molar-refractivity contribution in [2.24, 2.45) is 16.6 Å². The van der Waals surface area contributed by atoms with Crippen LogP contribution in [0.3, 0.4) is 0 Å². The number of para-hydroxylation sites is 1. The van der Waals surface area contributed by atoms with Gasteiger partial charge in [-0.3, -0.25) is 14.4 Å². The number of carbonyl (C=O) groups is 3. The van der Waals surface area contributed by atoms with Gasteiger partial charge in [-0.25, -0.2) is 4.99 Å². The number of hydrogen-bond donors (Lipinski definition) is 2. The van der Waals surface area contributed by atoms with Crippen molar-refractivity contribution in [3.8, 4) is 0 Å². The number of nitrogens with zero attached hydrogens (tertiary/aromatic N) is 2. The van der Waals surface area contributed by atoms with Crippen LogP contribution in [0.25, 0.3) is 0 Å². The molecule has 3 aromatic carbocycles. The van der Waals surface area contributed by atoms with Crippen molar-refractivity contribution in [2.75, 3.05) is 11.9 Å². The van der Waals surface area contributed by atoms with Crippen LogP contribution < -0.4 is 16.0 Å². The van der Waals surface area contributed by atoms with E-state index in [1.54, 1.807) is 43.4 Å². The third kappa shape index (κ3) is 6.34. The summed E-state index contributed by atoms with van der Waals surface area (Å²) in [6.45, 7) is 0. The molecule has 3 aromatic rings. The average Bonchev–Trinajstić information content (AvgIpc) is 3.02. The largest absolute Gasteiger partial charge is 0.389 e. The molecule has 202 valence electrons. The first kappa shape index (κ1) is 27.6. The molecule has 0 bridgehead atoms. The number of rotatable bonds is 8. The lowest BCUT2D eigenvalue weighted by atomic mass is 9.81. The van der Waals surface area contributed by atoms with Crippen molar-refractivity contribution < 1.29 is 27.6 Å². The predicted molar refractivity (Wildman–Crippen MR) is 141 cm³/mol. The van der Waals surface area contributed by atoms with E-state index in [4.69, 9.17) is 5.73 Å². The second kappa shape index (κ2) is 11.5. The molecule has 1 heterocycles. The first-order valence-corrected chi connectivity index (χ1v) is 12.3. The molecule has 0 unspecified atom stereocenters. The molecule has 0 aromatic heterocycles. The SMILES string of the molecule is CN1C(=O)[C@@H](NC(=O)[C@@H](c2ccccc2)[C@@H](CCC(F)(F)F)C(N)=O)N=C(c2ccccc2)c2ccccc21. The number of fused-ring (bicyclic) bond motifs is 1. The lowest BCUT2D eigenvalue weighted by molar-refractivity contribution is -0.143. The van der Waals surface area contributed by atoms with Crippen LogP contribution in [0.1, 0.15) is 35.4 Å². The van der Waals surface area contributed by atoms with Gasteiger partial charge in [0.25, 0.3) is 5.91 Å². The number of nitrogens with one attached hydrogen (secondary N) is 1. The van der Waals surface area contributed by atoms with Crippen LogP contribution in [0, 0.1) is 5.92 Å². The highest BCUT2D eigenvalue weighted by Gasteiger charge is 2.40. The van der Waals surface area contributed by atoms with Crippen LogP contribution in [0.4, 0.5) is 18.9 Å². The number of amides is 3. The van der Waals surface area contributed by atoms with Gasteiger partial charge in [0, 0.05) is 24.6 Å². The summed E-state index contributed by atoms with van der Waals surface area (Å²) in [4.78, 5) is 45.6. The highest BCUT2D eigenvalue weighted by Crippen LogP contribution is 2.33. The fourth-order valence-corrected chi connectivity index (χ4v) is 4.69. The Labute approximate surface area is 223 Å². The van der Waals surface area contributed by atoms with Gasteiger partial charge >= 0.3 is 6.18 Å². The van der Waals surface area contributed by atoms with Gasteiger partial charge in [0.2, 0.25) is 18.0 Å². The van der Waals surface area contributed by atoms with Crippen LogP contribution >= 0.6 is 0 Å². The predicted octanol–water partition coefficient (Wildman–Crippen LogP) is 4.17. The summed E-state index contributed by atoms with van der Waals surface area (Å²) in [5, 5.41) is 2.60. The third-order valence-corrected chi connectivity index (χ3v) is 6.62. The number of aliphatic imine (C=N–C) groups is 1. The monoisotopic (exact) mass is 536 g/mol. The summed E-state index contributed by atoms with van der Waals surface area (Å²) in [6.07, 6.45) is -7.94. The smallest absolute Gasteiger partial charge is 0.369 e. The van der Waals surface area contributed by atoms with E-state index in [1.807, 2.05) is 36.4 Å². The van der Waals surface area contributed by atoms with E-state index in [-0.39, 0.29) is 0 Å².